The highest BCUT2D eigenvalue weighted by atomic mass is 15.1. The predicted octanol–water partition coefficient (Wildman–Crippen LogP) is 3.85. The highest BCUT2D eigenvalue weighted by molar-refractivity contribution is 5.57. The third-order valence-corrected chi connectivity index (χ3v) is 4.26. The first-order valence-electron chi connectivity index (χ1n) is 8.10. The predicted molar refractivity (Wildman–Crippen MR) is 85.2 cm³/mol. The smallest absolute Gasteiger partial charge is 0.134 e. The lowest BCUT2D eigenvalue weighted by molar-refractivity contribution is 0.480. The van der Waals surface area contributed by atoms with E-state index in [0.29, 0.717) is 6.04 Å². The number of nitrogens with one attached hydrogen (secondary N) is 2. The van der Waals surface area contributed by atoms with Crippen LogP contribution in [0.4, 0.5) is 11.6 Å². The fourth-order valence-electron chi connectivity index (χ4n) is 3.13. The summed E-state index contributed by atoms with van der Waals surface area (Å²) in [5.74, 6) is 2.81. The van der Waals surface area contributed by atoms with E-state index in [-0.39, 0.29) is 0 Å². The molecular weight excluding hydrogens is 248 g/mol. The summed E-state index contributed by atoms with van der Waals surface area (Å²) in [6, 6.07) is 0.498. The van der Waals surface area contributed by atoms with Crippen molar-refractivity contribution in [3.05, 3.63) is 11.9 Å². The lowest BCUT2D eigenvalue weighted by atomic mass is 9.99. The second-order valence-corrected chi connectivity index (χ2v) is 5.81. The second kappa shape index (κ2) is 7.46. The highest BCUT2D eigenvalue weighted by Gasteiger charge is 2.22. The van der Waals surface area contributed by atoms with Crippen LogP contribution in [-0.2, 0) is 6.42 Å². The van der Waals surface area contributed by atoms with Crippen molar-refractivity contribution in [2.24, 2.45) is 5.92 Å². The molecule has 0 aromatic carbocycles. The molecule has 0 spiro atoms. The van der Waals surface area contributed by atoms with Crippen LogP contribution in [0.2, 0.25) is 0 Å². The van der Waals surface area contributed by atoms with Crippen molar-refractivity contribution in [3.8, 4) is 0 Å². The van der Waals surface area contributed by atoms with Crippen LogP contribution in [0.5, 0.6) is 0 Å². The van der Waals surface area contributed by atoms with E-state index in [4.69, 9.17) is 0 Å². The molecule has 1 saturated carbocycles. The number of anilines is 2. The molecule has 20 heavy (non-hydrogen) atoms. The van der Waals surface area contributed by atoms with E-state index >= 15 is 0 Å². The number of aromatic nitrogens is 2. The van der Waals surface area contributed by atoms with E-state index in [0.717, 1.165) is 36.9 Å². The van der Waals surface area contributed by atoms with Crippen molar-refractivity contribution >= 4 is 11.6 Å². The summed E-state index contributed by atoms with van der Waals surface area (Å²) in [5.41, 5.74) is 1.24. The van der Waals surface area contributed by atoms with Crippen molar-refractivity contribution in [3.63, 3.8) is 0 Å². The summed E-state index contributed by atoms with van der Waals surface area (Å²) < 4.78 is 0. The molecular formula is C16H28N4. The zero-order valence-corrected chi connectivity index (χ0v) is 13.1. The van der Waals surface area contributed by atoms with Crippen LogP contribution in [0.25, 0.3) is 0 Å². The molecule has 4 heteroatoms. The Labute approximate surface area is 122 Å². The minimum atomic E-state index is 0.498. The van der Waals surface area contributed by atoms with E-state index in [2.05, 4.69) is 41.4 Å². The largest absolute Gasteiger partial charge is 0.370 e. The van der Waals surface area contributed by atoms with Gasteiger partial charge in [-0.15, -0.1) is 0 Å². The first-order chi connectivity index (χ1) is 9.76. The topological polar surface area (TPSA) is 49.8 Å². The molecule has 0 saturated heterocycles. The molecule has 1 fully saturated rings. The number of hydrogen-bond acceptors (Lipinski definition) is 4. The fourth-order valence-corrected chi connectivity index (χ4v) is 3.13. The third kappa shape index (κ3) is 3.62. The molecule has 2 rings (SSSR count). The molecule has 0 amide bonds. The Morgan fingerprint density at radius 2 is 1.90 bits per heavy atom. The minimum Gasteiger partial charge on any atom is -0.370 e. The normalized spacial score (nSPS) is 17.1. The van der Waals surface area contributed by atoms with Crippen molar-refractivity contribution < 1.29 is 0 Å². The molecule has 0 aliphatic heterocycles. The molecule has 2 N–H and O–H groups in total. The van der Waals surface area contributed by atoms with Gasteiger partial charge in [-0.1, -0.05) is 26.2 Å². The molecule has 1 atom stereocenters. The van der Waals surface area contributed by atoms with Crippen molar-refractivity contribution in [2.45, 2.75) is 65.3 Å². The van der Waals surface area contributed by atoms with Gasteiger partial charge in [0.1, 0.15) is 18.0 Å². The minimum absolute atomic E-state index is 0.498. The van der Waals surface area contributed by atoms with Crippen LogP contribution in [0, 0.1) is 5.92 Å². The Morgan fingerprint density at radius 3 is 2.55 bits per heavy atom. The Morgan fingerprint density at radius 1 is 1.20 bits per heavy atom. The fraction of sp³-hybridized carbons (Fsp3) is 0.750. The first kappa shape index (κ1) is 15.1. The van der Waals surface area contributed by atoms with Gasteiger partial charge in [-0.2, -0.15) is 0 Å². The standard InChI is InChI=1S/C16H28N4/c1-4-8-14-15(17-5-2)18-11-19-16(14)20-12(3)13-9-6-7-10-13/h11-13H,4-10H2,1-3H3,(H2,17,18,19,20). The van der Waals surface area contributed by atoms with Crippen LogP contribution in [0.3, 0.4) is 0 Å². The van der Waals surface area contributed by atoms with Crippen LogP contribution in [-0.4, -0.2) is 22.6 Å². The summed E-state index contributed by atoms with van der Waals surface area (Å²) in [6.45, 7) is 7.49. The quantitative estimate of drug-likeness (QED) is 0.794. The molecule has 1 aliphatic carbocycles. The molecule has 0 bridgehead atoms. The molecule has 1 aromatic rings. The molecule has 112 valence electrons. The SMILES string of the molecule is CCCc1c(NCC)ncnc1NC(C)C1CCCC1. The monoisotopic (exact) mass is 276 g/mol. The summed E-state index contributed by atoms with van der Waals surface area (Å²) in [4.78, 5) is 8.88. The van der Waals surface area contributed by atoms with E-state index < -0.39 is 0 Å². The van der Waals surface area contributed by atoms with Crippen LogP contribution in [0.1, 0.15) is 58.4 Å². The number of rotatable bonds is 7. The van der Waals surface area contributed by atoms with Gasteiger partial charge < -0.3 is 10.6 Å². The summed E-state index contributed by atoms with van der Waals surface area (Å²) in [6.07, 6.45) is 9.25. The van der Waals surface area contributed by atoms with E-state index in [1.54, 1.807) is 6.33 Å². The van der Waals surface area contributed by atoms with Crippen molar-refractivity contribution in [1.82, 2.24) is 9.97 Å². The maximum atomic E-state index is 4.49. The second-order valence-electron chi connectivity index (χ2n) is 5.81. The summed E-state index contributed by atoms with van der Waals surface area (Å²) >= 11 is 0. The molecule has 1 unspecified atom stereocenters. The number of hydrogen-bond donors (Lipinski definition) is 2. The maximum absolute atomic E-state index is 4.49. The van der Waals surface area contributed by atoms with Gasteiger partial charge in [-0.3, -0.25) is 0 Å². The Kier molecular flexibility index (Phi) is 5.62. The zero-order chi connectivity index (χ0) is 14.4. The highest BCUT2D eigenvalue weighted by Crippen LogP contribution is 2.30. The van der Waals surface area contributed by atoms with Gasteiger partial charge in [0, 0.05) is 18.2 Å². The van der Waals surface area contributed by atoms with Gasteiger partial charge in [0.15, 0.2) is 0 Å². The summed E-state index contributed by atoms with van der Waals surface area (Å²) in [5, 5.41) is 7.00. The van der Waals surface area contributed by atoms with Gasteiger partial charge >= 0.3 is 0 Å². The van der Waals surface area contributed by atoms with Gasteiger partial charge in [0.2, 0.25) is 0 Å². The van der Waals surface area contributed by atoms with Crippen molar-refractivity contribution in [2.75, 3.05) is 17.2 Å². The van der Waals surface area contributed by atoms with E-state index in [9.17, 15) is 0 Å². The zero-order valence-electron chi connectivity index (χ0n) is 13.1. The molecule has 0 radical (unpaired) electrons. The third-order valence-electron chi connectivity index (χ3n) is 4.26. The lowest BCUT2D eigenvalue weighted by Gasteiger charge is -2.23. The first-order valence-corrected chi connectivity index (χ1v) is 8.10. The van der Waals surface area contributed by atoms with E-state index in [1.807, 2.05) is 0 Å². The molecule has 1 aliphatic rings. The average Bonchev–Trinajstić information content (AvgIpc) is 2.97. The van der Waals surface area contributed by atoms with Crippen molar-refractivity contribution in [1.29, 1.82) is 0 Å². The lowest BCUT2D eigenvalue weighted by Crippen LogP contribution is -2.25. The Balaban J connectivity index is 2.14. The molecule has 1 heterocycles. The van der Waals surface area contributed by atoms with Gasteiger partial charge in [-0.05, 0) is 39.0 Å². The van der Waals surface area contributed by atoms with Crippen LogP contribution >= 0.6 is 0 Å². The Hall–Kier alpha value is -1.32. The van der Waals surface area contributed by atoms with Gasteiger partial charge in [0.25, 0.3) is 0 Å². The van der Waals surface area contributed by atoms with Crippen LogP contribution in [0.15, 0.2) is 6.33 Å². The average molecular weight is 276 g/mol. The van der Waals surface area contributed by atoms with E-state index in [1.165, 1.54) is 31.2 Å². The van der Waals surface area contributed by atoms with Crippen LogP contribution < -0.4 is 10.6 Å². The van der Waals surface area contributed by atoms with Gasteiger partial charge in [0.05, 0.1) is 0 Å². The van der Waals surface area contributed by atoms with Gasteiger partial charge in [-0.25, -0.2) is 9.97 Å². The molecule has 4 nitrogen and oxygen atoms in total. The summed E-state index contributed by atoms with van der Waals surface area (Å²) in [7, 11) is 0. The number of nitrogens with zero attached hydrogens (tertiary/aromatic N) is 2. The Bertz CT molecular complexity index is 413. The molecule has 1 aromatic heterocycles. The maximum Gasteiger partial charge on any atom is 0.134 e.